The van der Waals surface area contributed by atoms with Crippen molar-refractivity contribution in [2.45, 2.75) is 0 Å². The molecule has 1 rings (SSSR count). The Labute approximate surface area is 102 Å². The second-order valence-electron chi connectivity index (χ2n) is 2.88. The van der Waals surface area contributed by atoms with Gasteiger partial charge in [-0.25, -0.2) is 4.98 Å². The van der Waals surface area contributed by atoms with E-state index in [0.717, 1.165) is 4.31 Å². The van der Waals surface area contributed by atoms with Gasteiger partial charge in [0.05, 0.1) is 5.69 Å². The molecule has 0 atom stereocenters. The Hall–Kier alpha value is -0.370. The molecule has 0 bridgehead atoms. The van der Waals surface area contributed by atoms with Gasteiger partial charge in [0.15, 0.2) is 5.15 Å². The van der Waals surface area contributed by atoms with E-state index in [4.69, 9.17) is 11.6 Å². The van der Waals surface area contributed by atoms with E-state index in [-0.39, 0.29) is 10.8 Å². The second kappa shape index (κ2) is 4.65. The van der Waals surface area contributed by atoms with Crippen LogP contribution in [0.2, 0.25) is 5.15 Å². The van der Waals surface area contributed by atoms with Crippen molar-refractivity contribution in [1.82, 2.24) is 9.29 Å². The number of nitrogens with one attached hydrogen (secondary N) is 1. The summed E-state index contributed by atoms with van der Waals surface area (Å²) in [4.78, 5) is 3.80. The van der Waals surface area contributed by atoms with E-state index in [1.165, 1.54) is 26.4 Å². The third-order valence-electron chi connectivity index (χ3n) is 1.53. The zero-order valence-electron chi connectivity index (χ0n) is 8.03. The van der Waals surface area contributed by atoms with Crippen LogP contribution in [0.1, 0.15) is 0 Å². The van der Waals surface area contributed by atoms with Gasteiger partial charge in [-0.3, -0.25) is 4.72 Å². The van der Waals surface area contributed by atoms with Crippen molar-refractivity contribution in [1.29, 1.82) is 0 Å². The fourth-order valence-corrected chi connectivity index (χ4v) is 1.88. The Balaban J connectivity index is 3.05. The lowest BCUT2D eigenvalue weighted by molar-refractivity contribution is 0.527. The van der Waals surface area contributed by atoms with E-state index in [1.54, 1.807) is 0 Å². The Bertz CT molecular complexity index is 463. The molecule has 0 fully saturated rings. The highest BCUT2D eigenvalue weighted by atomic mass is 79.9. The minimum Gasteiger partial charge on any atom is -0.268 e. The zero-order valence-corrected chi connectivity index (χ0v) is 11.2. The molecule has 0 saturated heterocycles. The lowest BCUT2D eigenvalue weighted by Gasteiger charge is -2.13. The van der Waals surface area contributed by atoms with Crippen molar-refractivity contribution >= 4 is 43.4 Å². The molecule has 1 aromatic heterocycles. The molecule has 0 amide bonds. The van der Waals surface area contributed by atoms with E-state index in [0.29, 0.717) is 4.47 Å². The summed E-state index contributed by atoms with van der Waals surface area (Å²) in [6.45, 7) is 0. The molecule has 0 radical (unpaired) electrons. The number of nitrogens with zero attached hydrogens (tertiary/aromatic N) is 2. The highest BCUT2D eigenvalue weighted by Gasteiger charge is 2.15. The molecule has 0 aliphatic carbocycles. The summed E-state index contributed by atoms with van der Waals surface area (Å²) >= 11 is 8.90. The molecule has 15 heavy (non-hydrogen) atoms. The molecule has 0 aliphatic heterocycles. The van der Waals surface area contributed by atoms with Crippen molar-refractivity contribution in [3.05, 3.63) is 21.9 Å². The van der Waals surface area contributed by atoms with E-state index in [9.17, 15) is 8.42 Å². The molecule has 0 aliphatic rings. The van der Waals surface area contributed by atoms with E-state index >= 15 is 0 Å². The number of hydrogen-bond donors (Lipinski definition) is 1. The Kier molecular flexibility index (Phi) is 3.93. The molecule has 84 valence electrons. The van der Waals surface area contributed by atoms with Crippen molar-refractivity contribution in [3.63, 3.8) is 0 Å². The van der Waals surface area contributed by atoms with Crippen LogP contribution in [0.15, 0.2) is 16.7 Å². The third kappa shape index (κ3) is 3.30. The smallest absolute Gasteiger partial charge is 0.268 e. The second-order valence-corrected chi connectivity index (χ2v) is 6.04. The lowest BCUT2D eigenvalue weighted by atomic mass is 10.4. The third-order valence-corrected chi connectivity index (χ3v) is 3.70. The summed E-state index contributed by atoms with van der Waals surface area (Å²) in [6.07, 6.45) is 1.48. The van der Waals surface area contributed by atoms with Gasteiger partial charge in [-0.2, -0.15) is 12.7 Å². The van der Waals surface area contributed by atoms with Gasteiger partial charge in [0, 0.05) is 24.8 Å². The topological polar surface area (TPSA) is 62.3 Å². The van der Waals surface area contributed by atoms with Crippen LogP contribution in [-0.4, -0.2) is 31.8 Å². The van der Waals surface area contributed by atoms with Crippen LogP contribution in [-0.2, 0) is 10.2 Å². The highest BCUT2D eigenvalue weighted by Crippen LogP contribution is 2.24. The number of anilines is 1. The maximum absolute atomic E-state index is 11.5. The first-order valence-electron chi connectivity index (χ1n) is 3.84. The normalized spacial score (nSPS) is 11.8. The van der Waals surface area contributed by atoms with Crippen LogP contribution in [0, 0.1) is 0 Å². The Morgan fingerprint density at radius 3 is 2.67 bits per heavy atom. The zero-order chi connectivity index (χ0) is 11.6. The average molecular weight is 315 g/mol. The van der Waals surface area contributed by atoms with Gasteiger partial charge in [-0.1, -0.05) is 11.6 Å². The van der Waals surface area contributed by atoms with E-state index in [1.807, 2.05) is 0 Å². The van der Waals surface area contributed by atoms with Crippen LogP contribution < -0.4 is 4.72 Å². The molecular weight excluding hydrogens is 306 g/mol. The molecule has 0 saturated carbocycles. The van der Waals surface area contributed by atoms with Gasteiger partial charge in [-0.15, -0.1) is 0 Å². The monoisotopic (exact) mass is 313 g/mol. The number of aromatic nitrogens is 1. The lowest BCUT2D eigenvalue weighted by Crippen LogP contribution is -2.29. The van der Waals surface area contributed by atoms with Crippen molar-refractivity contribution in [2.75, 3.05) is 18.8 Å². The van der Waals surface area contributed by atoms with E-state index in [2.05, 4.69) is 25.6 Å². The molecule has 8 heteroatoms. The first-order chi connectivity index (χ1) is 6.83. The number of halogens is 2. The largest absolute Gasteiger partial charge is 0.301 e. The van der Waals surface area contributed by atoms with Gasteiger partial charge in [0.1, 0.15) is 0 Å². The van der Waals surface area contributed by atoms with E-state index < -0.39 is 10.2 Å². The fourth-order valence-electron chi connectivity index (χ4n) is 0.724. The molecule has 0 spiro atoms. The standard InChI is InChI=1S/C7H9BrClN3O2S/c1-12(2)15(13,14)11-6-3-5(8)4-10-7(6)9/h3-4,11H,1-2H3. The fraction of sp³-hybridized carbons (Fsp3) is 0.286. The van der Waals surface area contributed by atoms with Gasteiger partial charge >= 0.3 is 10.2 Å². The summed E-state index contributed by atoms with van der Waals surface area (Å²) < 4.78 is 26.9. The molecular formula is C7H9BrClN3O2S. The number of rotatable bonds is 3. The first-order valence-corrected chi connectivity index (χ1v) is 6.45. The maximum Gasteiger partial charge on any atom is 0.301 e. The molecule has 1 heterocycles. The van der Waals surface area contributed by atoms with Crippen molar-refractivity contribution in [2.24, 2.45) is 0 Å². The van der Waals surface area contributed by atoms with Crippen molar-refractivity contribution in [3.8, 4) is 0 Å². The predicted molar refractivity (Wildman–Crippen MR) is 63.2 cm³/mol. The predicted octanol–water partition coefficient (Wildman–Crippen LogP) is 1.72. The van der Waals surface area contributed by atoms with Crippen LogP contribution >= 0.6 is 27.5 Å². The molecule has 5 nitrogen and oxygen atoms in total. The molecule has 0 aromatic carbocycles. The number of pyridine rings is 1. The minimum absolute atomic E-state index is 0.101. The summed E-state index contributed by atoms with van der Waals surface area (Å²) in [6, 6.07) is 1.54. The Morgan fingerprint density at radius 1 is 1.53 bits per heavy atom. The van der Waals surface area contributed by atoms with Gasteiger partial charge in [-0.05, 0) is 22.0 Å². The van der Waals surface area contributed by atoms with Crippen LogP contribution in [0.4, 0.5) is 5.69 Å². The summed E-state index contributed by atoms with van der Waals surface area (Å²) in [7, 11) is -0.716. The minimum atomic E-state index is -3.55. The van der Waals surface area contributed by atoms with Crippen LogP contribution in [0.3, 0.4) is 0 Å². The van der Waals surface area contributed by atoms with Crippen molar-refractivity contribution < 1.29 is 8.42 Å². The quantitative estimate of drug-likeness (QED) is 0.864. The molecule has 1 N–H and O–H groups in total. The molecule has 0 unspecified atom stereocenters. The first kappa shape index (κ1) is 12.7. The summed E-state index contributed by atoms with van der Waals surface area (Å²) in [5.41, 5.74) is 0.236. The average Bonchev–Trinajstić information content (AvgIpc) is 2.10. The van der Waals surface area contributed by atoms with Crippen LogP contribution in [0.5, 0.6) is 0 Å². The Morgan fingerprint density at radius 2 is 2.13 bits per heavy atom. The van der Waals surface area contributed by atoms with Crippen LogP contribution in [0.25, 0.3) is 0 Å². The maximum atomic E-state index is 11.5. The van der Waals surface area contributed by atoms with Gasteiger partial charge in [0.2, 0.25) is 0 Å². The van der Waals surface area contributed by atoms with Gasteiger partial charge in [0.25, 0.3) is 0 Å². The van der Waals surface area contributed by atoms with Gasteiger partial charge < -0.3 is 0 Å². The SMILES string of the molecule is CN(C)S(=O)(=O)Nc1cc(Br)cnc1Cl. The summed E-state index contributed by atoms with van der Waals surface area (Å²) in [5, 5.41) is 0.101. The summed E-state index contributed by atoms with van der Waals surface area (Å²) in [5.74, 6) is 0. The highest BCUT2D eigenvalue weighted by molar-refractivity contribution is 9.10. The molecule has 1 aromatic rings. The number of hydrogen-bond acceptors (Lipinski definition) is 3.